The molecule has 1 aromatic rings. The minimum absolute atomic E-state index is 0. The molecule has 0 aliphatic heterocycles. The van der Waals surface area contributed by atoms with E-state index in [-0.39, 0.29) is 38.5 Å². The summed E-state index contributed by atoms with van der Waals surface area (Å²) in [5.41, 5.74) is 0. The van der Waals surface area contributed by atoms with Crippen molar-refractivity contribution in [1.29, 1.82) is 0 Å². The predicted octanol–water partition coefficient (Wildman–Crippen LogP) is 1.62. The van der Waals surface area contributed by atoms with E-state index in [0.717, 1.165) is 0 Å². The van der Waals surface area contributed by atoms with Gasteiger partial charge in [-0.1, -0.05) is 0 Å². The number of hydrogen-bond donors (Lipinski definition) is 0. The molecule has 1 aromatic carbocycles. The smallest absolute Gasteiger partial charge is 0.00871 e. The van der Waals surface area contributed by atoms with Crippen molar-refractivity contribution in [1.82, 2.24) is 0 Å². The van der Waals surface area contributed by atoms with Gasteiger partial charge in [-0.25, -0.2) is 0 Å². The van der Waals surface area contributed by atoms with Crippen LogP contribution in [0.5, 0.6) is 0 Å². The Labute approximate surface area is 73.0 Å². The molecule has 0 nitrogen and oxygen atoms in total. The van der Waals surface area contributed by atoms with Crippen molar-refractivity contribution in [3.8, 4) is 0 Å². The van der Waals surface area contributed by atoms with Gasteiger partial charge in [-0.05, 0) is 0 Å². The maximum absolute atomic E-state index is 11.9. The molecule has 0 fully saturated rings. The van der Waals surface area contributed by atoms with Crippen LogP contribution in [0, 0.1) is 11.9 Å². The summed E-state index contributed by atoms with van der Waals surface area (Å²) in [6.07, 6.45) is 0. The summed E-state index contributed by atoms with van der Waals surface area (Å²) in [5, 5.41) is 0. The van der Waals surface area contributed by atoms with Crippen LogP contribution in [0.3, 0.4) is 0 Å². The molecule has 1 rings (SSSR count). The molecule has 0 spiro atoms. The molecule has 8 heavy (non-hydrogen) atoms. The first-order chi connectivity index (χ1) is 3.39. The summed E-state index contributed by atoms with van der Waals surface area (Å²) >= 11 is 0. The molecule has 0 aliphatic carbocycles. The van der Waals surface area contributed by atoms with Crippen molar-refractivity contribution in [2.75, 3.05) is 0 Å². The fourth-order valence-electron chi connectivity index (χ4n) is 0.371. The Morgan fingerprint density at radius 2 is 2.25 bits per heavy atom. The molecular weight excluding hydrogens is 180 g/mol. The van der Waals surface area contributed by atoms with Crippen LogP contribution in [0.25, 0.3) is 0 Å². The van der Waals surface area contributed by atoms with Crippen LogP contribution in [0.4, 0.5) is 4.39 Å². The molecular formula is C6H4FY-. The van der Waals surface area contributed by atoms with Gasteiger partial charge in [0.05, 0.1) is 0 Å². The SMILES string of the molecule is Fc1c[c-]ccc1.[Y]. The Morgan fingerprint density at radius 3 is 2.50 bits per heavy atom. The van der Waals surface area contributed by atoms with Crippen molar-refractivity contribution < 1.29 is 37.1 Å². The van der Waals surface area contributed by atoms with Crippen LogP contribution >= 0.6 is 0 Å². The van der Waals surface area contributed by atoms with Crippen molar-refractivity contribution in [2.24, 2.45) is 0 Å². The van der Waals surface area contributed by atoms with Crippen molar-refractivity contribution in [2.45, 2.75) is 0 Å². The standard InChI is InChI=1S/C6H4F.Y/c7-6-4-2-1-3-5-6;/h1-2,4-5H;/q-1;. The van der Waals surface area contributed by atoms with E-state index in [1.807, 2.05) is 0 Å². The molecule has 0 unspecified atom stereocenters. The first-order valence-corrected chi connectivity index (χ1v) is 2.01. The maximum atomic E-state index is 11.9. The molecule has 0 bridgehead atoms. The zero-order valence-electron chi connectivity index (χ0n) is 4.26. The number of rotatable bonds is 0. The molecule has 2 heteroatoms. The van der Waals surface area contributed by atoms with Gasteiger partial charge >= 0.3 is 0 Å². The van der Waals surface area contributed by atoms with Gasteiger partial charge in [0.15, 0.2) is 0 Å². The molecule has 39 valence electrons. The second-order valence-corrected chi connectivity index (χ2v) is 1.22. The Kier molecular flexibility index (Phi) is 4.30. The van der Waals surface area contributed by atoms with E-state index >= 15 is 0 Å². The minimum atomic E-state index is -0.234. The fourth-order valence-corrected chi connectivity index (χ4v) is 0.371. The largest absolute Gasteiger partial charge is 0.284 e. The van der Waals surface area contributed by atoms with E-state index in [9.17, 15) is 4.39 Å². The normalized spacial score (nSPS) is 7.62. The number of benzene rings is 1. The van der Waals surface area contributed by atoms with Crippen molar-refractivity contribution in [3.05, 3.63) is 36.1 Å². The Bertz CT molecular complexity index is 138. The van der Waals surface area contributed by atoms with Crippen LogP contribution in [0.1, 0.15) is 0 Å². The third-order valence-electron chi connectivity index (χ3n) is 0.669. The van der Waals surface area contributed by atoms with E-state index in [0.29, 0.717) is 0 Å². The molecule has 0 amide bonds. The zero-order chi connectivity index (χ0) is 5.11. The Hall–Kier alpha value is 0.254. The van der Waals surface area contributed by atoms with Gasteiger partial charge in [-0.15, -0.1) is 12.1 Å². The number of halogens is 1. The van der Waals surface area contributed by atoms with Crippen LogP contribution in [-0.2, 0) is 32.7 Å². The second kappa shape index (κ2) is 4.16. The van der Waals surface area contributed by atoms with E-state index in [2.05, 4.69) is 6.07 Å². The molecule has 0 saturated carbocycles. The maximum Gasteiger partial charge on any atom is 0.00871 e. The van der Waals surface area contributed by atoms with Gasteiger partial charge in [0, 0.05) is 38.5 Å². The van der Waals surface area contributed by atoms with Crippen molar-refractivity contribution in [3.63, 3.8) is 0 Å². The minimum Gasteiger partial charge on any atom is -0.284 e. The topological polar surface area (TPSA) is 0 Å². The number of hydrogen-bond acceptors (Lipinski definition) is 0. The third-order valence-corrected chi connectivity index (χ3v) is 0.669. The van der Waals surface area contributed by atoms with Crippen LogP contribution in [-0.4, -0.2) is 0 Å². The van der Waals surface area contributed by atoms with Gasteiger partial charge in [0.25, 0.3) is 0 Å². The van der Waals surface area contributed by atoms with Gasteiger partial charge in [0.1, 0.15) is 0 Å². The van der Waals surface area contributed by atoms with Crippen LogP contribution in [0.15, 0.2) is 24.3 Å². The zero-order valence-corrected chi connectivity index (χ0v) is 7.10. The summed E-state index contributed by atoms with van der Waals surface area (Å²) in [7, 11) is 0. The van der Waals surface area contributed by atoms with Crippen LogP contribution in [0.2, 0.25) is 0 Å². The predicted molar refractivity (Wildman–Crippen MR) is 25.2 cm³/mol. The molecule has 0 aliphatic rings. The van der Waals surface area contributed by atoms with Gasteiger partial charge in [-0.3, -0.25) is 4.39 Å². The van der Waals surface area contributed by atoms with Gasteiger partial charge in [-0.2, -0.15) is 18.2 Å². The third kappa shape index (κ3) is 2.53. The summed E-state index contributed by atoms with van der Waals surface area (Å²) in [6.45, 7) is 0. The van der Waals surface area contributed by atoms with E-state index < -0.39 is 0 Å². The molecule has 0 N–H and O–H groups in total. The summed E-state index contributed by atoms with van der Waals surface area (Å²) in [6, 6.07) is 8.53. The average molecular weight is 184 g/mol. The van der Waals surface area contributed by atoms with E-state index in [1.165, 1.54) is 12.1 Å². The Morgan fingerprint density at radius 1 is 1.50 bits per heavy atom. The molecule has 1 radical (unpaired) electrons. The second-order valence-electron chi connectivity index (χ2n) is 1.22. The summed E-state index contributed by atoms with van der Waals surface area (Å²) < 4.78 is 11.9. The molecule has 0 aromatic heterocycles. The van der Waals surface area contributed by atoms with Crippen molar-refractivity contribution >= 4 is 0 Å². The molecule has 0 heterocycles. The quantitative estimate of drug-likeness (QED) is 0.537. The van der Waals surface area contributed by atoms with Gasteiger partial charge < -0.3 is 0 Å². The Balaban J connectivity index is 0.000000490. The average Bonchev–Trinajstić information content (AvgIpc) is 1.69. The van der Waals surface area contributed by atoms with E-state index in [1.54, 1.807) is 12.1 Å². The molecule has 0 saturated heterocycles. The van der Waals surface area contributed by atoms with E-state index in [4.69, 9.17) is 0 Å². The van der Waals surface area contributed by atoms with Crippen LogP contribution < -0.4 is 0 Å². The summed E-state index contributed by atoms with van der Waals surface area (Å²) in [4.78, 5) is 0. The van der Waals surface area contributed by atoms with Gasteiger partial charge in [0.2, 0.25) is 0 Å². The molecule has 0 atom stereocenters. The fraction of sp³-hybridized carbons (Fsp3) is 0. The summed E-state index contributed by atoms with van der Waals surface area (Å²) in [5.74, 6) is -0.234. The first-order valence-electron chi connectivity index (χ1n) is 2.01. The first kappa shape index (κ1) is 8.25. The monoisotopic (exact) mass is 184 g/mol.